The van der Waals surface area contributed by atoms with Gasteiger partial charge in [-0.3, -0.25) is 4.99 Å². The summed E-state index contributed by atoms with van der Waals surface area (Å²) in [7, 11) is 1.82. The highest BCUT2D eigenvalue weighted by Crippen LogP contribution is 2.24. The monoisotopic (exact) mass is 434 g/mol. The first kappa shape index (κ1) is 22.4. The van der Waals surface area contributed by atoms with Crippen LogP contribution >= 0.6 is 0 Å². The zero-order valence-corrected chi connectivity index (χ0v) is 19.7. The van der Waals surface area contributed by atoms with Crippen molar-refractivity contribution in [2.45, 2.75) is 58.0 Å². The summed E-state index contributed by atoms with van der Waals surface area (Å²) >= 11 is 0. The molecule has 3 heterocycles. The lowest BCUT2D eigenvalue weighted by Crippen LogP contribution is -2.38. The zero-order valence-electron chi connectivity index (χ0n) is 19.7. The molecule has 0 saturated carbocycles. The lowest BCUT2D eigenvalue weighted by atomic mass is 10.1. The van der Waals surface area contributed by atoms with E-state index in [4.69, 9.17) is 4.98 Å². The van der Waals surface area contributed by atoms with Gasteiger partial charge in [0.2, 0.25) is 0 Å². The van der Waals surface area contributed by atoms with E-state index >= 15 is 0 Å². The second-order valence-electron chi connectivity index (χ2n) is 9.01. The molecule has 1 atom stereocenters. The third-order valence-corrected chi connectivity index (χ3v) is 6.62. The van der Waals surface area contributed by atoms with Crippen LogP contribution in [0.25, 0.3) is 0 Å². The van der Waals surface area contributed by atoms with Gasteiger partial charge in [-0.1, -0.05) is 31.0 Å². The quantitative estimate of drug-likeness (QED) is 0.518. The number of guanidine groups is 1. The van der Waals surface area contributed by atoms with E-state index in [0.717, 1.165) is 30.4 Å². The van der Waals surface area contributed by atoms with Crippen LogP contribution in [0, 0.1) is 0 Å². The van der Waals surface area contributed by atoms with Gasteiger partial charge in [-0.15, -0.1) is 0 Å². The van der Waals surface area contributed by atoms with Gasteiger partial charge in [-0.05, 0) is 61.9 Å². The molecule has 2 aliphatic heterocycles. The summed E-state index contributed by atoms with van der Waals surface area (Å²) in [6.07, 6.45) is 9.80. The average molecular weight is 435 g/mol. The smallest absolute Gasteiger partial charge is 0.191 e. The summed E-state index contributed by atoms with van der Waals surface area (Å²) in [6.45, 7) is 7.47. The molecule has 2 N–H and O–H groups in total. The Balaban J connectivity index is 1.30. The molecule has 2 aliphatic rings. The lowest BCUT2D eigenvalue weighted by Gasteiger charge is -2.22. The molecule has 172 valence electrons. The molecular weight excluding hydrogens is 396 g/mol. The minimum absolute atomic E-state index is 0.173. The molecule has 1 aromatic carbocycles. The summed E-state index contributed by atoms with van der Waals surface area (Å²) in [5.74, 6) is 1.91. The van der Waals surface area contributed by atoms with Crippen LogP contribution in [0.2, 0.25) is 0 Å². The first-order chi connectivity index (χ1) is 15.7. The summed E-state index contributed by atoms with van der Waals surface area (Å²) in [5.41, 5.74) is 3.77. The Morgan fingerprint density at radius 1 is 0.969 bits per heavy atom. The van der Waals surface area contributed by atoms with Crippen molar-refractivity contribution in [2.24, 2.45) is 4.99 Å². The first-order valence-corrected chi connectivity index (χ1v) is 12.2. The number of hydrogen-bond donors (Lipinski definition) is 2. The molecule has 2 aromatic rings. The van der Waals surface area contributed by atoms with Crippen molar-refractivity contribution < 1.29 is 0 Å². The van der Waals surface area contributed by atoms with E-state index in [1.807, 2.05) is 13.2 Å². The second kappa shape index (κ2) is 11.2. The van der Waals surface area contributed by atoms with Crippen LogP contribution < -0.4 is 20.4 Å². The molecule has 0 aliphatic carbocycles. The van der Waals surface area contributed by atoms with Crippen molar-refractivity contribution in [3.05, 3.63) is 53.7 Å². The summed E-state index contributed by atoms with van der Waals surface area (Å²) < 4.78 is 0. The SMILES string of the molecule is CN=C(NCc1ccc(N2CCCCCC2)nc1)NC(C)c1cccc(N2CCCC2)c1. The van der Waals surface area contributed by atoms with Crippen molar-refractivity contribution in [3.63, 3.8) is 0 Å². The van der Waals surface area contributed by atoms with Crippen LogP contribution in [-0.4, -0.2) is 44.2 Å². The van der Waals surface area contributed by atoms with E-state index in [1.54, 1.807) is 0 Å². The predicted octanol–water partition coefficient (Wildman–Crippen LogP) is 4.49. The minimum Gasteiger partial charge on any atom is -0.372 e. The van der Waals surface area contributed by atoms with Crippen LogP contribution in [0.1, 0.15) is 62.6 Å². The molecule has 0 spiro atoms. The fraction of sp³-hybridized carbons (Fsp3) is 0.538. The Morgan fingerprint density at radius 2 is 1.69 bits per heavy atom. The summed E-state index contributed by atoms with van der Waals surface area (Å²) in [4.78, 5) is 14.0. The van der Waals surface area contributed by atoms with E-state index in [9.17, 15) is 0 Å². The number of aliphatic imine (C=N–C) groups is 1. The molecule has 6 nitrogen and oxygen atoms in total. The van der Waals surface area contributed by atoms with Crippen molar-refractivity contribution >= 4 is 17.5 Å². The molecule has 6 heteroatoms. The van der Waals surface area contributed by atoms with Crippen LogP contribution in [0.4, 0.5) is 11.5 Å². The van der Waals surface area contributed by atoms with Gasteiger partial charge < -0.3 is 20.4 Å². The van der Waals surface area contributed by atoms with Gasteiger partial charge in [-0.25, -0.2) is 4.98 Å². The topological polar surface area (TPSA) is 55.8 Å². The van der Waals surface area contributed by atoms with Gasteiger partial charge in [-0.2, -0.15) is 0 Å². The standard InChI is InChI=1S/C26H38N6/c1-21(23-10-9-11-24(18-23)31-14-7-8-15-31)30-26(27-2)29-20-22-12-13-25(28-19-22)32-16-5-3-4-6-17-32/h9-13,18-19,21H,3-8,14-17,20H2,1-2H3,(H2,27,29,30). The van der Waals surface area contributed by atoms with Crippen molar-refractivity contribution in [1.29, 1.82) is 0 Å². The zero-order chi connectivity index (χ0) is 22.2. The van der Waals surface area contributed by atoms with E-state index in [1.165, 1.54) is 62.9 Å². The molecule has 0 radical (unpaired) electrons. The highest BCUT2D eigenvalue weighted by atomic mass is 15.2. The van der Waals surface area contributed by atoms with Crippen LogP contribution in [0.3, 0.4) is 0 Å². The Labute approximate surface area is 193 Å². The number of anilines is 2. The highest BCUT2D eigenvalue weighted by Gasteiger charge is 2.15. The fourth-order valence-electron chi connectivity index (χ4n) is 4.64. The molecule has 2 fully saturated rings. The van der Waals surface area contributed by atoms with Crippen LogP contribution in [-0.2, 0) is 6.54 Å². The third-order valence-electron chi connectivity index (χ3n) is 6.62. The van der Waals surface area contributed by atoms with E-state index < -0.39 is 0 Å². The predicted molar refractivity (Wildman–Crippen MR) is 135 cm³/mol. The Bertz CT molecular complexity index is 864. The maximum atomic E-state index is 4.72. The maximum Gasteiger partial charge on any atom is 0.191 e. The molecule has 2 saturated heterocycles. The number of nitrogens with zero attached hydrogens (tertiary/aromatic N) is 4. The Morgan fingerprint density at radius 3 is 2.38 bits per heavy atom. The molecule has 32 heavy (non-hydrogen) atoms. The number of pyridine rings is 1. The molecule has 1 aromatic heterocycles. The molecule has 0 amide bonds. The van der Waals surface area contributed by atoms with E-state index in [0.29, 0.717) is 6.54 Å². The van der Waals surface area contributed by atoms with Gasteiger partial charge in [0.05, 0.1) is 6.04 Å². The molecule has 4 rings (SSSR count). The lowest BCUT2D eigenvalue weighted by molar-refractivity contribution is 0.684. The number of nitrogens with one attached hydrogen (secondary N) is 2. The van der Waals surface area contributed by atoms with Gasteiger partial charge >= 0.3 is 0 Å². The number of benzene rings is 1. The second-order valence-corrected chi connectivity index (χ2v) is 9.01. The van der Waals surface area contributed by atoms with Crippen LogP contribution in [0.15, 0.2) is 47.6 Å². The first-order valence-electron chi connectivity index (χ1n) is 12.2. The van der Waals surface area contributed by atoms with Crippen molar-refractivity contribution in [2.75, 3.05) is 43.0 Å². The third kappa shape index (κ3) is 5.93. The van der Waals surface area contributed by atoms with E-state index in [-0.39, 0.29) is 6.04 Å². The van der Waals surface area contributed by atoms with Crippen LogP contribution in [0.5, 0.6) is 0 Å². The minimum atomic E-state index is 0.173. The van der Waals surface area contributed by atoms with Crippen molar-refractivity contribution in [1.82, 2.24) is 15.6 Å². The molecular formula is C26H38N6. The number of aromatic nitrogens is 1. The van der Waals surface area contributed by atoms with Gasteiger partial charge in [0, 0.05) is 51.7 Å². The summed E-state index contributed by atoms with van der Waals surface area (Å²) in [5, 5.41) is 6.97. The number of hydrogen-bond acceptors (Lipinski definition) is 4. The largest absolute Gasteiger partial charge is 0.372 e. The molecule has 0 bridgehead atoms. The van der Waals surface area contributed by atoms with Gasteiger partial charge in [0.1, 0.15) is 5.82 Å². The van der Waals surface area contributed by atoms with E-state index in [2.05, 4.69) is 68.7 Å². The Hall–Kier alpha value is -2.76. The maximum absolute atomic E-state index is 4.72. The average Bonchev–Trinajstić information content (AvgIpc) is 3.25. The fourth-order valence-corrected chi connectivity index (χ4v) is 4.64. The number of rotatable bonds is 6. The van der Waals surface area contributed by atoms with Crippen molar-refractivity contribution in [3.8, 4) is 0 Å². The molecule has 1 unspecified atom stereocenters. The normalized spacial score (nSPS) is 18.4. The Kier molecular flexibility index (Phi) is 7.86. The highest BCUT2D eigenvalue weighted by molar-refractivity contribution is 5.80. The summed E-state index contributed by atoms with van der Waals surface area (Å²) in [6, 6.07) is 13.4. The van der Waals surface area contributed by atoms with Gasteiger partial charge in [0.25, 0.3) is 0 Å². The van der Waals surface area contributed by atoms with Gasteiger partial charge in [0.15, 0.2) is 5.96 Å².